The number of carbonyl (C=O) groups excluding carboxylic acids is 1. The maximum absolute atomic E-state index is 11.7. The van der Waals surface area contributed by atoms with E-state index in [-0.39, 0.29) is 5.91 Å². The number of nitrogens with one attached hydrogen (secondary N) is 2. The van der Waals surface area contributed by atoms with Gasteiger partial charge in [0, 0.05) is 47.5 Å². The second-order valence-electron chi connectivity index (χ2n) is 8.46. The van der Waals surface area contributed by atoms with Gasteiger partial charge in [0.1, 0.15) is 17.0 Å². The summed E-state index contributed by atoms with van der Waals surface area (Å²) in [5, 5.41) is 11.1. The van der Waals surface area contributed by atoms with Gasteiger partial charge in [-0.1, -0.05) is 30.8 Å². The van der Waals surface area contributed by atoms with Gasteiger partial charge >= 0.3 is 0 Å². The highest BCUT2D eigenvalue weighted by atomic mass is 16.5. The fourth-order valence-corrected chi connectivity index (χ4v) is 4.39. The molecule has 0 aliphatic carbocycles. The summed E-state index contributed by atoms with van der Waals surface area (Å²) in [6.07, 6.45) is 4.82. The van der Waals surface area contributed by atoms with E-state index in [1.165, 1.54) is 6.08 Å². The Labute approximate surface area is 207 Å². The van der Waals surface area contributed by atoms with E-state index in [0.29, 0.717) is 23.9 Å². The predicted molar refractivity (Wildman–Crippen MR) is 139 cm³/mol. The molecule has 36 heavy (non-hydrogen) atoms. The minimum atomic E-state index is -0.253. The van der Waals surface area contributed by atoms with Crippen LogP contribution in [0, 0.1) is 6.92 Å². The molecule has 0 unspecified atom stereocenters. The Kier molecular flexibility index (Phi) is 5.19. The molecule has 3 aromatic heterocycles. The van der Waals surface area contributed by atoms with Crippen LogP contribution >= 0.6 is 0 Å². The van der Waals surface area contributed by atoms with Gasteiger partial charge in [0.25, 0.3) is 0 Å². The molecule has 0 radical (unpaired) electrons. The van der Waals surface area contributed by atoms with Gasteiger partial charge < -0.3 is 15.4 Å². The van der Waals surface area contributed by atoms with Gasteiger partial charge in [-0.3, -0.25) is 4.79 Å². The standard InChI is InChI=1S/C28H22N6O2/c1-3-23(35)32-20-9-7-18(8-10-20)26-25-22-12-11-21(36-24-6-4-5-17(2)31-24)15-19(22)16-30-28-27(25)34(33-26)14-13-29-28/h3-15H,1,16H2,2H3,(H,29,30)(H,32,35). The van der Waals surface area contributed by atoms with Crippen molar-refractivity contribution in [1.29, 1.82) is 0 Å². The van der Waals surface area contributed by atoms with E-state index in [9.17, 15) is 4.79 Å². The Morgan fingerprint density at radius 3 is 2.83 bits per heavy atom. The molecular weight excluding hydrogens is 452 g/mol. The molecule has 1 aliphatic heterocycles. The van der Waals surface area contributed by atoms with E-state index in [1.54, 1.807) is 6.20 Å². The van der Waals surface area contributed by atoms with Crippen LogP contribution in [0.1, 0.15) is 11.3 Å². The lowest BCUT2D eigenvalue weighted by Gasteiger charge is -2.12. The number of anilines is 2. The maximum Gasteiger partial charge on any atom is 0.247 e. The summed E-state index contributed by atoms with van der Waals surface area (Å²) >= 11 is 0. The summed E-state index contributed by atoms with van der Waals surface area (Å²) in [6.45, 7) is 6.02. The Balaban J connectivity index is 1.45. The fourth-order valence-electron chi connectivity index (χ4n) is 4.39. The maximum atomic E-state index is 11.7. The number of amides is 1. The second kappa shape index (κ2) is 8.66. The number of hydrogen-bond acceptors (Lipinski definition) is 6. The Bertz CT molecular complexity index is 1640. The molecule has 1 aliphatic rings. The van der Waals surface area contributed by atoms with E-state index in [4.69, 9.17) is 9.84 Å². The molecule has 176 valence electrons. The van der Waals surface area contributed by atoms with Gasteiger partial charge in [-0.05, 0) is 54.5 Å². The zero-order valence-corrected chi connectivity index (χ0v) is 19.5. The number of benzene rings is 2. The van der Waals surface area contributed by atoms with Gasteiger partial charge in [0.2, 0.25) is 11.8 Å². The number of aromatic nitrogens is 4. The highest BCUT2D eigenvalue weighted by Gasteiger charge is 2.25. The molecule has 4 heterocycles. The van der Waals surface area contributed by atoms with E-state index >= 15 is 0 Å². The summed E-state index contributed by atoms with van der Waals surface area (Å²) in [5.74, 6) is 1.77. The second-order valence-corrected chi connectivity index (χ2v) is 8.46. The molecule has 1 amide bonds. The van der Waals surface area contributed by atoms with Crippen LogP contribution < -0.4 is 15.4 Å². The van der Waals surface area contributed by atoms with E-state index < -0.39 is 0 Å². The number of carbonyl (C=O) groups is 1. The van der Waals surface area contributed by atoms with Gasteiger partial charge in [-0.25, -0.2) is 14.5 Å². The minimum Gasteiger partial charge on any atom is -0.439 e. The summed E-state index contributed by atoms with van der Waals surface area (Å²) in [7, 11) is 0. The first-order valence-electron chi connectivity index (χ1n) is 11.5. The summed E-state index contributed by atoms with van der Waals surface area (Å²) < 4.78 is 7.90. The number of rotatable bonds is 5. The molecule has 0 saturated carbocycles. The van der Waals surface area contributed by atoms with Crippen molar-refractivity contribution in [2.45, 2.75) is 13.5 Å². The van der Waals surface area contributed by atoms with Crippen LogP contribution in [-0.2, 0) is 11.3 Å². The normalized spacial score (nSPS) is 11.8. The van der Waals surface area contributed by atoms with Crippen molar-refractivity contribution in [1.82, 2.24) is 19.6 Å². The third-order valence-corrected chi connectivity index (χ3v) is 6.04. The van der Waals surface area contributed by atoms with Crippen LogP contribution in [-0.4, -0.2) is 25.5 Å². The third kappa shape index (κ3) is 3.84. The average molecular weight is 475 g/mol. The van der Waals surface area contributed by atoms with Gasteiger partial charge in [-0.15, -0.1) is 0 Å². The first kappa shape index (κ1) is 21.5. The molecule has 6 rings (SSSR count). The summed E-state index contributed by atoms with van der Waals surface area (Å²) in [5.41, 5.74) is 7.34. The highest BCUT2D eigenvalue weighted by molar-refractivity contribution is 6.00. The topological polar surface area (TPSA) is 93.4 Å². The monoisotopic (exact) mass is 474 g/mol. The van der Waals surface area contributed by atoms with Crippen LogP contribution in [0.2, 0.25) is 0 Å². The smallest absolute Gasteiger partial charge is 0.247 e. The number of pyridine rings is 1. The third-order valence-electron chi connectivity index (χ3n) is 6.04. The van der Waals surface area contributed by atoms with Crippen molar-refractivity contribution < 1.29 is 9.53 Å². The lowest BCUT2D eigenvalue weighted by molar-refractivity contribution is -0.111. The van der Waals surface area contributed by atoms with Gasteiger partial charge in [0.05, 0.1) is 0 Å². The van der Waals surface area contributed by atoms with Crippen molar-refractivity contribution in [2.75, 3.05) is 10.6 Å². The Morgan fingerprint density at radius 1 is 1.17 bits per heavy atom. The minimum absolute atomic E-state index is 0.253. The van der Waals surface area contributed by atoms with Crippen molar-refractivity contribution >= 4 is 22.9 Å². The zero-order chi connectivity index (χ0) is 24.6. The van der Waals surface area contributed by atoms with Gasteiger partial charge in [0.15, 0.2) is 5.82 Å². The molecule has 5 aromatic rings. The molecule has 8 heteroatoms. The molecule has 0 saturated heterocycles. The Hall–Kier alpha value is -4.98. The fraction of sp³-hybridized carbons (Fsp3) is 0.0714. The molecule has 0 bridgehead atoms. The molecule has 0 atom stereocenters. The SMILES string of the molecule is C=CC(=O)Nc1ccc(-c2nn3ccnc4c3c2-c2ccc(Oc3cccc(C)n3)cc2CN4)cc1. The van der Waals surface area contributed by atoms with Crippen LogP contribution in [0.4, 0.5) is 11.5 Å². The average Bonchev–Trinajstić information content (AvgIpc) is 3.19. The Morgan fingerprint density at radius 2 is 2.03 bits per heavy atom. The number of ether oxygens (including phenoxy) is 1. The lowest BCUT2D eigenvalue weighted by Crippen LogP contribution is -2.06. The number of fused-ring (bicyclic) bond motifs is 2. The highest BCUT2D eigenvalue weighted by Crippen LogP contribution is 2.42. The van der Waals surface area contributed by atoms with Crippen molar-refractivity contribution in [2.24, 2.45) is 0 Å². The first-order valence-corrected chi connectivity index (χ1v) is 11.5. The molecule has 2 aromatic carbocycles. The van der Waals surface area contributed by atoms with Crippen molar-refractivity contribution in [3.63, 3.8) is 0 Å². The summed E-state index contributed by atoms with van der Waals surface area (Å²) in [6, 6.07) is 19.3. The summed E-state index contributed by atoms with van der Waals surface area (Å²) in [4.78, 5) is 20.7. The largest absolute Gasteiger partial charge is 0.439 e. The van der Waals surface area contributed by atoms with Crippen LogP contribution in [0.5, 0.6) is 11.6 Å². The van der Waals surface area contributed by atoms with E-state index in [1.807, 2.05) is 72.2 Å². The first-order chi connectivity index (χ1) is 17.6. The quantitative estimate of drug-likeness (QED) is 0.322. The van der Waals surface area contributed by atoms with Gasteiger partial charge in [-0.2, -0.15) is 5.10 Å². The van der Waals surface area contributed by atoms with Crippen LogP contribution in [0.25, 0.3) is 27.9 Å². The molecule has 0 spiro atoms. The molecular formula is C28H22N6O2. The number of hydrogen-bond donors (Lipinski definition) is 2. The lowest BCUT2D eigenvalue weighted by atomic mass is 9.96. The van der Waals surface area contributed by atoms with E-state index in [2.05, 4.69) is 33.2 Å². The molecule has 8 nitrogen and oxygen atoms in total. The van der Waals surface area contributed by atoms with Crippen LogP contribution in [0.3, 0.4) is 0 Å². The number of aryl methyl sites for hydroxylation is 1. The van der Waals surface area contributed by atoms with E-state index in [0.717, 1.165) is 45.0 Å². The van der Waals surface area contributed by atoms with Crippen molar-refractivity contribution in [3.8, 4) is 34.0 Å². The zero-order valence-electron chi connectivity index (χ0n) is 19.5. The predicted octanol–water partition coefficient (Wildman–Crippen LogP) is 5.61. The molecule has 0 fully saturated rings. The molecule has 2 N–H and O–H groups in total. The van der Waals surface area contributed by atoms with Crippen molar-refractivity contribution in [3.05, 3.63) is 97.0 Å². The number of nitrogens with zero attached hydrogens (tertiary/aromatic N) is 4. The van der Waals surface area contributed by atoms with Crippen LogP contribution in [0.15, 0.2) is 85.7 Å².